The van der Waals surface area contributed by atoms with Crippen LogP contribution in [0.3, 0.4) is 0 Å². The molecule has 0 amide bonds. The number of hydrogen-bond donors (Lipinski definition) is 2. The van der Waals surface area contributed by atoms with Crippen molar-refractivity contribution in [3.05, 3.63) is 0 Å². The third kappa shape index (κ3) is 7.00. The van der Waals surface area contributed by atoms with Crippen molar-refractivity contribution in [2.75, 3.05) is 0 Å². The Morgan fingerprint density at radius 1 is 0.500 bits per heavy atom. The van der Waals surface area contributed by atoms with Crippen LogP contribution in [0.1, 0.15) is 94.9 Å². The van der Waals surface area contributed by atoms with E-state index in [0.29, 0.717) is 22.2 Å². The molecule has 0 aliphatic carbocycles. The molecule has 2 heterocycles. The highest BCUT2D eigenvalue weighted by molar-refractivity contribution is 4.96. The van der Waals surface area contributed by atoms with Crippen molar-refractivity contribution >= 4 is 0 Å². The molecular formula is C20H42N2. The molecule has 2 fully saturated rings. The van der Waals surface area contributed by atoms with Gasteiger partial charge in [-0.05, 0) is 92.9 Å². The summed E-state index contributed by atoms with van der Waals surface area (Å²) in [5.41, 5.74) is 1.34. The van der Waals surface area contributed by atoms with Crippen molar-refractivity contribution < 1.29 is 0 Å². The number of rotatable bonds is 0. The Labute approximate surface area is 140 Å². The topological polar surface area (TPSA) is 24.1 Å². The minimum absolute atomic E-state index is 0.334. The van der Waals surface area contributed by atoms with Crippen molar-refractivity contribution in [2.24, 2.45) is 11.8 Å². The van der Waals surface area contributed by atoms with E-state index in [1.165, 1.54) is 25.7 Å². The smallest absolute Gasteiger partial charge is 0.0132 e. The quantitative estimate of drug-likeness (QED) is 0.648. The van der Waals surface area contributed by atoms with Gasteiger partial charge in [-0.3, -0.25) is 0 Å². The van der Waals surface area contributed by atoms with Crippen molar-refractivity contribution in [1.82, 2.24) is 10.6 Å². The molecule has 2 heteroatoms. The second-order valence-corrected chi connectivity index (χ2v) is 10.8. The Kier molecular flexibility index (Phi) is 5.84. The highest BCUT2D eigenvalue weighted by Crippen LogP contribution is 2.32. The fourth-order valence-corrected chi connectivity index (χ4v) is 5.67. The molecule has 2 N–H and O–H groups in total. The Hall–Kier alpha value is -0.0800. The van der Waals surface area contributed by atoms with Gasteiger partial charge in [-0.2, -0.15) is 0 Å². The zero-order chi connectivity index (χ0) is 17.4. The molecule has 0 aromatic carbocycles. The van der Waals surface area contributed by atoms with Gasteiger partial charge in [0, 0.05) is 22.2 Å². The van der Waals surface area contributed by atoms with E-state index in [1.807, 2.05) is 0 Å². The van der Waals surface area contributed by atoms with Gasteiger partial charge in [-0.25, -0.2) is 0 Å². The standard InChI is InChI=1S/2C10H21N/c2*1-8-6-9(2,3)11-10(4,5)7-8/h2*8,11H,6-7H2,1-5H3. The largest absolute Gasteiger partial charge is 0.307 e. The molecule has 2 saturated heterocycles. The maximum absolute atomic E-state index is 3.66. The van der Waals surface area contributed by atoms with E-state index in [9.17, 15) is 0 Å². The van der Waals surface area contributed by atoms with Crippen LogP contribution in [0, 0.1) is 11.8 Å². The van der Waals surface area contributed by atoms with Crippen LogP contribution in [0.15, 0.2) is 0 Å². The number of piperidine rings is 2. The van der Waals surface area contributed by atoms with E-state index in [1.54, 1.807) is 0 Å². The molecule has 2 rings (SSSR count). The number of hydrogen-bond acceptors (Lipinski definition) is 2. The SMILES string of the molecule is CC1CC(C)(C)NC(C)(C)C1.CC1CC(C)(C)NC(C)(C)C1. The van der Waals surface area contributed by atoms with Gasteiger partial charge in [0.15, 0.2) is 0 Å². The molecule has 22 heavy (non-hydrogen) atoms. The summed E-state index contributed by atoms with van der Waals surface area (Å²) < 4.78 is 0. The van der Waals surface area contributed by atoms with E-state index in [2.05, 4.69) is 79.9 Å². The average molecular weight is 311 g/mol. The van der Waals surface area contributed by atoms with Crippen molar-refractivity contribution in [3.8, 4) is 0 Å². The molecule has 0 atom stereocenters. The van der Waals surface area contributed by atoms with Gasteiger partial charge in [0.25, 0.3) is 0 Å². The lowest BCUT2D eigenvalue weighted by molar-refractivity contribution is 0.137. The van der Waals surface area contributed by atoms with Crippen LogP contribution in [0.5, 0.6) is 0 Å². The van der Waals surface area contributed by atoms with Crippen LogP contribution in [0.2, 0.25) is 0 Å². The highest BCUT2D eigenvalue weighted by Gasteiger charge is 2.36. The van der Waals surface area contributed by atoms with Gasteiger partial charge in [0.2, 0.25) is 0 Å². The van der Waals surface area contributed by atoms with Crippen LogP contribution in [0.25, 0.3) is 0 Å². The molecule has 2 nitrogen and oxygen atoms in total. The molecule has 0 unspecified atom stereocenters. The lowest BCUT2D eigenvalue weighted by atomic mass is 9.77. The van der Waals surface area contributed by atoms with Gasteiger partial charge in [-0.1, -0.05) is 13.8 Å². The predicted octanol–water partition coefficient (Wildman–Crippen LogP) is 5.13. The maximum Gasteiger partial charge on any atom is 0.0132 e. The van der Waals surface area contributed by atoms with E-state index < -0.39 is 0 Å². The second kappa shape index (κ2) is 6.43. The first-order chi connectivity index (χ1) is 9.62. The first-order valence-corrected chi connectivity index (χ1v) is 9.20. The monoisotopic (exact) mass is 310 g/mol. The van der Waals surface area contributed by atoms with Crippen LogP contribution < -0.4 is 10.6 Å². The fraction of sp³-hybridized carbons (Fsp3) is 1.00. The molecule has 0 saturated carbocycles. The van der Waals surface area contributed by atoms with E-state index >= 15 is 0 Å². The molecule has 132 valence electrons. The average Bonchev–Trinajstić information content (AvgIpc) is 2.03. The fourth-order valence-electron chi connectivity index (χ4n) is 5.67. The summed E-state index contributed by atoms with van der Waals surface area (Å²) in [6.07, 6.45) is 5.21. The summed E-state index contributed by atoms with van der Waals surface area (Å²) in [7, 11) is 0. The summed E-state index contributed by atoms with van der Waals surface area (Å²) in [6, 6.07) is 0. The van der Waals surface area contributed by atoms with Crippen molar-refractivity contribution in [1.29, 1.82) is 0 Å². The van der Waals surface area contributed by atoms with E-state index in [-0.39, 0.29) is 0 Å². The third-order valence-corrected chi connectivity index (χ3v) is 4.79. The van der Waals surface area contributed by atoms with Crippen molar-refractivity contribution in [3.63, 3.8) is 0 Å². The minimum atomic E-state index is 0.334. The summed E-state index contributed by atoms with van der Waals surface area (Å²) in [6.45, 7) is 23.1. The Morgan fingerprint density at radius 3 is 0.818 bits per heavy atom. The predicted molar refractivity (Wildman–Crippen MR) is 99.4 cm³/mol. The van der Waals surface area contributed by atoms with Crippen LogP contribution in [0.4, 0.5) is 0 Å². The first kappa shape index (κ1) is 20.0. The lowest BCUT2D eigenvalue weighted by Crippen LogP contribution is -2.57. The molecule has 0 radical (unpaired) electrons. The molecule has 0 aromatic heterocycles. The van der Waals surface area contributed by atoms with Crippen LogP contribution in [-0.2, 0) is 0 Å². The number of nitrogens with one attached hydrogen (secondary N) is 2. The van der Waals surface area contributed by atoms with Gasteiger partial charge >= 0.3 is 0 Å². The van der Waals surface area contributed by atoms with E-state index in [4.69, 9.17) is 0 Å². The normalized spacial score (nSPS) is 30.3. The van der Waals surface area contributed by atoms with Crippen LogP contribution in [-0.4, -0.2) is 22.2 Å². The molecule has 2 aliphatic heterocycles. The maximum atomic E-state index is 3.66. The molecule has 0 aromatic rings. The Balaban J connectivity index is 0.000000220. The van der Waals surface area contributed by atoms with Gasteiger partial charge in [0.05, 0.1) is 0 Å². The van der Waals surface area contributed by atoms with Gasteiger partial charge in [0.1, 0.15) is 0 Å². The van der Waals surface area contributed by atoms with Crippen LogP contribution >= 0.6 is 0 Å². The molecule has 0 spiro atoms. The molecule has 0 bridgehead atoms. The highest BCUT2D eigenvalue weighted by atomic mass is 15.1. The van der Waals surface area contributed by atoms with E-state index in [0.717, 1.165) is 11.8 Å². The second-order valence-electron chi connectivity index (χ2n) is 10.8. The Bertz CT molecular complexity index is 298. The minimum Gasteiger partial charge on any atom is -0.307 e. The summed E-state index contributed by atoms with van der Waals surface area (Å²) in [5.74, 6) is 1.72. The van der Waals surface area contributed by atoms with Gasteiger partial charge < -0.3 is 10.6 Å². The zero-order valence-electron chi connectivity index (χ0n) is 17.0. The molecular weight excluding hydrogens is 268 g/mol. The molecule has 2 aliphatic rings. The Morgan fingerprint density at radius 2 is 0.682 bits per heavy atom. The zero-order valence-corrected chi connectivity index (χ0v) is 17.0. The van der Waals surface area contributed by atoms with Crippen molar-refractivity contribution in [2.45, 2.75) is 117 Å². The summed E-state index contributed by atoms with van der Waals surface area (Å²) in [4.78, 5) is 0. The lowest BCUT2D eigenvalue weighted by Gasteiger charge is -2.45. The first-order valence-electron chi connectivity index (χ1n) is 9.20. The summed E-state index contributed by atoms with van der Waals surface area (Å²) in [5, 5.41) is 7.32. The summed E-state index contributed by atoms with van der Waals surface area (Å²) >= 11 is 0. The van der Waals surface area contributed by atoms with Gasteiger partial charge in [-0.15, -0.1) is 0 Å². The third-order valence-electron chi connectivity index (χ3n) is 4.79.